The number of nitrogens with zero attached hydrogens (tertiary/aromatic N) is 5. The molecule has 0 spiro atoms. The zero-order valence-electron chi connectivity index (χ0n) is 22.7. The molecule has 2 saturated heterocycles. The number of aromatic nitrogens is 4. The van der Waals surface area contributed by atoms with Crippen LogP contribution in [0.2, 0.25) is 0 Å². The van der Waals surface area contributed by atoms with E-state index in [2.05, 4.69) is 25.3 Å². The summed E-state index contributed by atoms with van der Waals surface area (Å²) in [6.07, 6.45) is 1.36. The van der Waals surface area contributed by atoms with Gasteiger partial charge in [0.2, 0.25) is 5.95 Å². The van der Waals surface area contributed by atoms with Gasteiger partial charge in [-0.1, -0.05) is 11.6 Å². The third-order valence-corrected chi connectivity index (χ3v) is 8.14. The van der Waals surface area contributed by atoms with Crippen molar-refractivity contribution in [3.05, 3.63) is 52.9 Å². The summed E-state index contributed by atoms with van der Waals surface area (Å²) in [6.45, 7) is 2.47. The minimum atomic E-state index is -4.41. The van der Waals surface area contributed by atoms with Gasteiger partial charge >= 0.3 is 6.18 Å². The molecule has 1 unspecified atom stereocenters. The zero-order valence-corrected chi connectivity index (χ0v) is 22.7. The first-order valence-corrected chi connectivity index (χ1v) is 14.3. The van der Waals surface area contributed by atoms with Gasteiger partial charge in [0.05, 0.1) is 48.1 Å². The van der Waals surface area contributed by atoms with E-state index in [1.54, 1.807) is 16.8 Å². The van der Waals surface area contributed by atoms with E-state index in [1.165, 1.54) is 12.4 Å². The number of nitrogens with one attached hydrogen (secondary N) is 1. The number of aryl methyl sites for hydroxylation is 1. The summed E-state index contributed by atoms with van der Waals surface area (Å²) in [5.74, 6) is -0.123. The minimum absolute atomic E-state index is 0.148. The van der Waals surface area contributed by atoms with E-state index < -0.39 is 18.5 Å². The highest BCUT2D eigenvalue weighted by Gasteiger charge is 2.34. The molecule has 1 aliphatic carbocycles. The van der Waals surface area contributed by atoms with Crippen molar-refractivity contribution in [1.82, 2.24) is 24.6 Å². The Morgan fingerprint density at radius 3 is 2.61 bits per heavy atom. The van der Waals surface area contributed by atoms with Gasteiger partial charge in [-0.2, -0.15) is 17.6 Å². The van der Waals surface area contributed by atoms with Crippen LogP contribution in [0.4, 0.5) is 27.8 Å². The number of rotatable bonds is 8. The maximum absolute atomic E-state index is 15.4. The molecule has 1 N–H and O–H groups in total. The molecule has 1 atom stereocenters. The Kier molecular flexibility index (Phi) is 7.95. The summed E-state index contributed by atoms with van der Waals surface area (Å²) in [7, 11) is 0. The van der Waals surface area contributed by atoms with Crippen LogP contribution in [0, 0.1) is 5.95 Å². The van der Waals surface area contributed by atoms with E-state index >= 15 is 4.39 Å². The molecule has 220 valence electrons. The van der Waals surface area contributed by atoms with E-state index in [0.29, 0.717) is 71.5 Å². The van der Waals surface area contributed by atoms with Crippen molar-refractivity contribution in [3.63, 3.8) is 0 Å². The smallest absolute Gasteiger partial charge is 0.363 e. The number of allylic oxidation sites excluding steroid dienone is 1. The summed E-state index contributed by atoms with van der Waals surface area (Å²) in [4.78, 5) is 11.1. The summed E-state index contributed by atoms with van der Waals surface area (Å²) in [5.41, 5.74) is 2.66. The number of fused-ring (bicyclic) bond motifs is 3. The maximum Gasteiger partial charge on any atom is 0.392 e. The van der Waals surface area contributed by atoms with Gasteiger partial charge in [-0.25, -0.2) is 9.67 Å². The predicted octanol–water partition coefficient (Wildman–Crippen LogP) is 6.21. The second-order valence-corrected chi connectivity index (χ2v) is 11.1. The third-order valence-electron chi connectivity index (χ3n) is 8.14. The van der Waals surface area contributed by atoms with Gasteiger partial charge in [0.25, 0.3) is 0 Å². The minimum Gasteiger partial charge on any atom is -0.363 e. The predicted molar refractivity (Wildman–Crippen MR) is 145 cm³/mol. The second kappa shape index (κ2) is 11.6. The van der Waals surface area contributed by atoms with Crippen molar-refractivity contribution in [2.75, 3.05) is 38.2 Å². The Morgan fingerprint density at radius 1 is 1.05 bits per heavy atom. The average molecular weight is 577 g/mol. The highest BCUT2D eigenvalue weighted by molar-refractivity contribution is 5.92. The molecule has 3 aromatic rings. The van der Waals surface area contributed by atoms with Crippen LogP contribution < -0.4 is 5.32 Å². The van der Waals surface area contributed by atoms with E-state index in [-0.39, 0.29) is 30.9 Å². The maximum atomic E-state index is 15.4. The van der Waals surface area contributed by atoms with Gasteiger partial charge in [-0.3, -0.25) is 14.3 Å². The van der Waals surface area contributed by atoms with Crippen molar-refractivity contribution in [2.24, 2.45) is 0 Å². The molecule has 41 heavy (non-hydrogen) atoms. The molecule has 12 heteroatoms. The van der Waals surface area contributed by atoms with Gasteiger partial charge in [0.15, 0.2) is 6.23 Å². The molecule has 0 amide bonds. The monoisotopic (exact) mass is 576 g/mol. The first-order chi connectivity index (χ1) is 19.8. The number of alkyl halides is 4. The van der Waals surface area contributed by atoms with Crippen LogP contribution in [0.25, 0.3) is 16.5 Å². The molecule has 6 rings (SSSR count). The fourth-order valence-electron chi connectivity index (χ4n) is 6.28. The quantitative estimate of drug-likeness (QED) is 0.322. The fourth-order valence-corrected chi connectivity index (χ4v) is 6.28. The summed E-state index contributed by atoms with van der Waals surface area (Å²) >= 11 is 0. The lowest BCUT2D eigenvalue weighted by Gasteiger charge is -2.39. The Labute approximate surface area is 234 Å². The number of hydrogen-bond acceptors (Lipinski definition) is 6. The SMILES string of the molecule is FCCCN1CC(Nc2cnc(C3=C(CC(F)(F)F)CCCc4c3ccc3c4c(F)nn3C3CCCCO3)cn2)C1. The Balaban J connectivity index is 1.35. The highest BCUT2D eigenvalue weighted by Crippen LogP contribution is 2.42. The summed E-state index contributed by atoms with van der Waals surface area (Å²) in [6, 6.07) is 3.64. The molecular weight excluding hydrogens is 543 g/mol. The van der Waals surface area contributed by atoms with Crippen LogP contribution >= 0.6 is 0 Å². The number of ether oxygens (including phenoxy) is 1. The lowest BCUT2D eigenvalue weighted by molar-refractivity contribution is -0.127. The molecule has 2 aromatic heterocycles. The molecule has 2 fully saturated rings. The van der Waals surface area contributed by atoms with E-state index in [0.717, 1.165) is 32.4 Å². The van der Waals surface area contributed by atoms with Crippen LogP contribution in [-0.4, -0.2) is 69.8 Å². The second-order valence-electron chi connectivity index (χ2n) is 11.1. The summed E-state index contributed by atoms with van der Waals surface area (Å²) < 4.78 is 76.5. The normalized spacial score (nSPS) is 20.7. The third kappa shape index (κ3) is 5.94. The Bertz CT molecular complexity index is 1410. The number of likely N-dealkylation sites (tertiary alicyclic amines) is 1. The molecule has 7 nitrogen and oxygen atoms in total. The standard InChI is InChI=1S/C29H33F5N6O/c30-10-4-11-39-16-19(17-39)37-24-15-35-22(14-36-24)26-18(13-29(32,33)34)5-3-6-20-21(26)8-9-23-27(20)28(31)38-40(23)25-7-1-2-12-41-25/h8-9,14-15,19,25H,1-7,10-13,16-17H2,(H,36,37). The van der Waals surface area contributed by atoms with Crippen LogP contribution in [-0.2, 0) is 11.2 Å². The van der Waals surface area contributed by atoms with Crippen molar-refractivity contribution in [2.45, 2.75) is 69.8 Å². The van der Waals surface area contributed by atoms with Gasteiger partial charge in [0.1, 0.15) is 5.82 Å². The molecule has 1 aromatic carbocycles. The van der Waals surface area contributed by atoms with Crippen molar-refractivity contribution in [1.29, 1.82) is 0 Å². The van der Waals surface area contributed by atoms with Crippen LogP contribution in [0.1, 0.15) is 68.0 Å². The zero-order chi connectivity index (χ0) is 28.6. The first kappa shape index (κ1) is 28.0. The molecule has 0 bridgehead atoms. The largest absolute Gasteiger partial charge is 0.392 e. The average Bonchev–Trinajstić information content (AvgIpc) is 3.17. The van der Waals surface area contributed by atoms with Crippen molar-refractivity contribution >= 4 is 22.3 Å². The van der Waals surface area contributed by atoms with E-state index in [1.807, 2.05) is 0 Å². The first-order valence-electron chi connectivity index (χ1n) is 14.3. The molecule has 0 radical (unpaired) electrons. The van der Waals surface area contributed by atoms with E-state index in [9.17, 15) is 17.6 Å². The topological polar surface area (TPSA) is 68.1 Å². The fraction of sp³-hybridized carbons (Fsp3) is 0.552. The van der Waals surface area contributed by atoms with Gasteiger partial charge < -0.3 is 10.1 Å². The number of halogens is 5. The molecular formula is C29H33F5N6O. The molecule has 2 aliphatic heterocycles. The Morgan fingerprint density at radius 2 is 1.90 bits per heavy atom. The van der Waals surface area contributed by atoms with Gasteiger partial charge in [-0.15, -0.1) is 5.10 Å². The molecule has 4 heterocycles. The van der Waals surface area contributed by atoms with Crippen LogP contribution in [0.5, 0.6) is 0 Å². The van der Waals surface area contributed by atoms with Gasteiger partial charge in [0, 0.05) is 31.8 Å². The number of hydrogen-bond donors (Lipinski definition) is 1. The molecule has 3 aliphatic rings. The Hall–Kier alpha value is -3.12. The van der Waals surface area contributed by atoms with Crippen LogP contribution in [0.15, 0.2) is 30.1 Å². The lowest BCUT2D eigenvalue weighted by atomic mass is 9.91. The van der Waals surface area contributed by atoms with Crippen molar-refractivity contribution < 1.29 is 26.7 Å². The lowest BCUT2D eigenvalue weighted by Crippen LogP contribution is -2.54. The number of benzene rings is 1. The molecule has 0 saturated carbocycles. The van der Waals surface area contributed by atoms with Crippen molar-refractivity contribution in [3.8, 4) is 0 Å². The van der Waals surface area contributed by atoms with E-state index in [4.69, 9.17) is 4.74 Å². The highest BCUT2D eigenvalue weighted by atomic mass is 19.4. The number of anilines is 1. The summed E-state index contributed by atoms with van der Waals surface area (Å²) in [5, 5.41) is 7.79. The van der Waals surface area contributed by atoms with Gasteiger partial charge in [-0.05, 0) is 62.1 Å². The van der Waals surface area contributed by atoms with Crippen LogP contribution in [0.3, 0.4) is 0 Å².